The van der Waals surface area contributed by atoms with Crippen LogP contribution in [-0.2, 0) is 0 Å². The molecule has 1 fully saturated rings. The second kappa shape index (κ2) is 2.99. The van der Waals surface area contributed by atoms with Gasteiger partial charge in [-0.3, -0.25) is 5.32 Å². The van der Waals surface area contributed by atoms with E-state index in [1.165, 1.54) is 0 Å². The highest BCUT2D eigenvalue weighted by Crippen LogP contribution is 2.12. The number of rotatable bonds is 2. The molecule has 0 radical (unpaired) electrons. The first kappa shape index (κ1) is 6.78. The molecule has 0 amide bonds. The van der Waals surface area contributed by atoms with Crippen molar-refractivity contribution in [3.05, 3.63) is 12.7 Å². The molecule has 0 aromatic rings. The van der Waals surface area contributed by atoms with Gasteiger partial charge in [0.2, 0.25) is 0 Å². The van der Waals surface area contributed by atoms with E-state index in [1.807, 2.05) is 6.08 Å². The summed E-state index contributed by atoms with van der Waals surface area (Å²) >= 11 is 0. The molecule has 1 rings (SSSR count). The van der Waals surface area contributed by atoms with Gasteiger partial charge >= 0.3 is 0 Å². The predicted molar refractivity (Wildman–Crippen MR) is 37.0 cm³/mol. The Labute approximate surface area is 55.6 Å². The van der Waals surface area contributed by atoms with Gasteiger partial charge in [-0.05, 0) is 19.3 Å². The fourth-order valence-electron chi connectivity index (χ4n) is 1.18. The molecular weight excluding hydrogens is 114 g/mol. The van der Waals surface area contributed by atoms with Crippen LogP contribution in [0.3, 0.4) is 0 Å². The Morgan fingerprint density at radius 1 is 1.67 bits per heavy atom. The van der Waals surface area contributed by atoms with E-state index < -0.39 is 0 Å². The van der Waals surface area contributed by atoms with Crippen molar-refractivity contribution in [1.29, 1.82) is 0 Å². The SMILES string of the molecule is C=CCC1CCC(O)N1. The summed E-state index contributed by atoms with van der Waals surface area (Å²) in [5.74, 6) is 0. The summed E-state index contributed by atoms with van der Waals surface area (Å²) in [5, 5.41) is 12.0. The van der Waals surface area contributed by atoms with Crippen molar-refractivity contribution in [2.24, 2.45) is 0 Å². The molecule has 0 aromatic carbocycles. The topological polar surface area (TPSA) is 32.3 Å². The minimum atomic E-state index is -0.269. The fraction of sp³-hybridized carbons (Fsp3) is 0.714. The van der Waals surface area contributed by atoms with Gasteiger partial charge < -0.3 is 5.11 Å². The number of hydrogen-bond acceptors (Lipinski definition) is 2. The number of hydrogen-bond donors (Lipinski definition) is 2. The van der Waals surface area contributed by atoms with Crippen molar-refractivity contribution < 1.29 is 5.11 Å². The molecule has 1 aliphatic rings. The van der Waals surface area contributed by atoms with Crippen molar-refractivity contribution in [2.75, 3.05) is 0 Å². The van der Waals surface area contributed by atoms with Crippen LogP contribution < -0.4 is 5.32 Å². The second-order valence-electron chi connectivity index (χ2n) is 2.48. The van der Waals surface area contributed by atoms with Crippen LogP contribution in [0.2, 0.25) is 0 Å². The molecule has 1 saturated heterocycles. The molecular formula is C7H13NO. The van der Waals surface area contributed by atoms with Gasteiger partial charge in [-0.2, -0.15) is 0 Å². The Balaban J connectivity index is 2.21. The molecule has 2 unspecified atom stereocenters. The molecule has 1 heterocycles. The van der Waals surface area contributed by atoms with Crippen LogP contribution in [0, 0.1) is 0 Å². The van der Waals surface area contributed by atoms with Gasteiger partial charge in [0.25, 0.3) is 0 Å². The maximum absolute atomic E-state index is 8.98. The van der Waals surface area contributed by atoms with Crippen molar-refractivity contribution in [3.63, 3.8) is 0 Å². The van der Waals surface area contributed by atoms with Gasteiger partial charge in [0.1, 0.15) is 6.23 Å². The standard InChI is InChI=1S/C7H13NO/c1-2-3-6-4-5-7(9)8-6/h2,6-9H,1,3-5H2. The van der Waals surface area contributed by atoms with Crippen LogP contribution in [0.1, 0.15) is 19.3 Å². The van der Waals surface area contributed by atoms with E-state index in [-0.39, 0.29) is 6.23 Å². The van der Waals surface area contributed by atoms with E-state index in [2.05, 4.69) is 11.9 Å². The maximum atomic E-state index is 8.98. The van der Waals surface area contributed by atoms with Crippen molar-refractivity contribution in [1.82, 2.24) is 5.32 Å². The summed E-state index contributed by atoms with van der Waals surface area (Å²) in [6, 6.07) is 0.470. The van der Waals surface area contributed by atoms with Gasteiger partial charge in [0.05, 0.1) is 0 Å². The zero-order valence-electron chi connectivity index (χ0n) is 5.51. The lowest BCUT2D eigenvalue weighted by molar-refractivity contribution is 0.155. The minimum Gasteiger partial charge on any atom is -0.379 e. The zero-order chi connectivity index (χ0) is 6.69. The van der Waals surface area contributed by atoms with Crippen LogP contribution >= 0.6 is 0 Å². The Hall–Kier alpha value is -0.340. The Morgan fingerprint density at radius 2 is 2.44 bits per heavy atom. The first-order valence-electron chi connectivity index (χ1n) is 3.38. The molecule has 0 saturated carbocycles. The van der Waals surface area contributed by atoms with Crippen LogP contribution in [0.4, 0.5) is 0 Å². The maximum Gasteiger partial charge on any atom is 0.105 e. The van der Waals surface area contributed by atoms with E-state index in [0.29, 0.717) is 6.04 Å². The smallest absolute Gasteiger partial charge is 0.105 e. The summed E-state index contributed by atoms with van der Waals surface area (Å²) < 4.78 is 0. The molecule has 9 heavy (non-hydrogen) atoms. The Bertz CT molecular complexity index is 103. The van der Waals surface area contributed by atoms with E-state index in [0.717, 1.165) is 19.3 Å². The van der Waals surface area contributed by atoms with Gasteiger partial charge in [-0.25, -0.2) is 0 Å². The number of nitrogens with one attached hydrogen (secondary N) is 1. The molecule has 1 aliphatic heterocycles. The van der Waals surface area contributed by atoms with Gasteiger partial charge in [0, 0.05) is 6.04 Å². The largest absolute Gasteiger partial charge is 0.379 e. The van der Waals surface area contributed by atoms with E-state index in [9.17, 15) is 0 Å². The van der Waals surface area contributed by atoms with E-state index in [1.54, 1.807) is 0 Å². The average Bonchev–Trinajstić information content (AvgIpc) is 2.17. The zero-order valence-corrected chi connectivity index (χ0v) is 5.51. The molecule has 0 aliphatic carbocycles. The normalized spacial score (nSPS) is 34.8. The highest BCUT2D eigenvalue weighted by molar-refractivity contribution is 4.83. The predicted octanol–water partition coefficient (Wildman–Crippen LogP) is 0.633. The first-order chi connectivity index (χ1) is 4.33. The van der Waals surface area contributed by atoms with Crippen molar-refractivity contribution >= 4 is 0 Å². The molecule has 2 nitrogen and oxygen atoms in total. The Morgan fingerprint density at radius 3 is 2.89 bits per heavy atom. The third-order valence-electron chi connectivity index (χ3n) is 1.67. The third-order valence-corrected chi connectivity index (χ3v) is 1.67. The Kier molecular flexibility index (Phi) is 2.25. The molecule has 0 aromatic heterocycles. The summed E-state index contributed by atoms with van der Waals surface area (Å²) in [5.41, 5.74) is 0. The van der Waals surface area contributed by atoms with Crippen LogP contribution in [0.25, 0.3) is 0 Å². The summed E-state index contributed by atoms with van der Waals surface area (Å²) in [6.45, 7) is 3.63. The summed E-state index contributed by atoms with van der Waals surface area (Å²) in [6.07, 6.45) is 4.55. The molecule has 2 atom stereocenters. The van der Waals surface area contributed by atoms with E-state index in [4.69, 9.17) is 5.11 Å². The van der Waals surface area contributed by atoms with Crippen LogP contribution in [-0.4, -0.2) is 17.4 Å². The van der Waals surface area contributed by atoms with Crippen LogP contribution in [0.5, 0.6) is 0 Å². The van der Waals surface area contributed by atoms with Gasteiger partial charge in [-0.15, -0.1) is 6.58 Å². The number of aliphatic hydroxyl groups excluding tert-OH is 1. The minimum absolute atomic E-state index is 0.269. The molecule has 0 spiro atoms. The molecule has 2 N–H and O–H groups in total. The van der Waals surface area contributed by atoms with Crippen molar-refractivity contribution in [3.8, 4) is 0 Å². The fourth-order valence-corrected chi connectivity index (χ4v) is 1.18. The third kappa shape index (κ3) is 1.80. The van der Waals surface area contributed by atoms with Gasteiger partial charge in [0.15, 0.2) is 0 Å². The van der Waals surface area contributed by atoms with E-state index >= 15 is 0 Å². The lowest BCUT2D eigenvalue weighted by atomic mass is 10.2. The van der Waals surface area contributed by atoms with Crippen LogP contribution in [0.15, 0.2) is 12.7 Å². The summed E-state index contributed by atoms with van der Waals surface area (Å²) in [4.78, 5) is 0. The highest BCUT2D eigenvalue weighted by atomic mass is 16.3. The van der Waals surface area contributed by atoms with Gasteiger partial charge in [-0.1, -0.05) is 6.08 Å². The molecule has 0 bridgehead atoms. The summed E-state index contributed by atoms with van der Waals surface area (Å²) in [7, 11) is 0. The average molecular weight is 127 g/mol. The monoisotopic (exact) mass is 127 g/mol. The lowest BCUT2D eigenvalue weighted by Gasteiger charge is -2.06. The quantitative estimate of drug-likeness (QED) is 0.533. The van der Waals surface area contributed by atoms with Crippen molar-refractivity contribution in [2.45, 2.75) is 31.5 Å². The first-order valence-corrected chi connectivity index (χ1v) is 3.38. The molecule has 52 valence electrons. The molecule has 2 heteroatoms. The number of aliphatic hydroxyl groups is 1. The lowest BCUT2D eigenvalue weighted by Crippen LogP contribution is -2.28. The second-order valence-corrected chi connectivity index (χ2v) is 2.48. The highest BCUT2D eigenvalue weighted by Gasteiger charge is 2.19.